The number of halogens is 2. The van der Waals surface area contributed by atoms with E-state index in [-0.39, 0.29) is 12.0 Å². The number of alkyl halides is 2. The zero-order chi connectivity index (χ0) is 15.5. The van der Waals surface area contributed by atoms with Gasteiger partial charge in [-0.1, -0.05) is 0 Å². The zero-order valence-corrected chi connectivity index (χ0v) is 11.4. The Labute approximate surface area is 121 Å². The van der Waals surface area contributed by atoms with E-state index >= 15 is 0 Å². The predicted molar refractivity (Wildman–Crippen MR) is 71.1 cm³/mol. The lowest BCUT2D eigenvalue weighted by Gasteiger charge is -2.19. The highest BCUT2D eigenvalue weighted by Gasteiger charge is 2.45. The fourth-order valence-electron chi connectivity index (χ4n) is 1.91. The molecule has 1 aliphatic carbocycles. The molecule has 0 unspecified atom stereocenters. The highest BCUT2D eigenvalue weighted by Crippen LogP contribution is 2.35. The standard InChI is InChI=1S/C14H16F2N4O/c15-14(16,10-2-1-7-19-8-10)4-3-11(18)12(21)20-13(9-17)5-6-13/h1-2,7-8,11H,3-6,18H2,(H,20,21)/t11-/m0/s1. The maximum Gasteiger partial charge on any atom is 0.274 e. The average molecular weight is 294 g/mol. The maximum absolute atomic E-state index is 13.9. The normalized spacial score (nSPS) is 17.6. The molecule has 3 N–H and O–H groups in total. The Balaban J connectivity index is 1.87. The van der Waals surface area contributed by atoms with Crippen molar-refractivity contribution in [2.45, 2.75) is 43.2 Å². The second-order valence-electron chi connectivity index (χ2n) is 5.27. The summed E-state index contributed by atoms with van der Waals surface area (Å²) in [4.78, 5) is 15.4. The van der Waals surface area contributed by atoms with Crippen LogP contribution in [0.3, 0.4) is 0 Å². The summed E-state index contributed by atoms with van der Waals surface area (Å²) in [6, 6.07) is 3.65. The number of nitrogens with one attached hydrogen (secondary N) is 1. The van der Waals surface area contributed by atoms with E-state index in [1.165, 1.54) is 18.3 Å². The first-order valence-electron chi connectivity index (χ1n) is 6.66. The summed E-state index contributed by atoms with van der Waals surface area (Å²) in [5.41, 5.74) is 4.59. The molecule has 0 aliphatic heterocycles. The number of nitrogens with zero attached hydrogens (tertiary/aromatic N) is 2. The Morgan fingerprint density at radius 2 is 2.33 bits per heavy atom. The summed E-state index contributed by atoms with van der Waals surface area (Å²) in [5.74, 6) is -3.64. The van der Waals surface area contributed by atoms with Crippen molar-refractivity contribution in [2.75, 3.05) is 0 Å². The number of pyridine rings is 1. The Hall–Kier alpha value is -2.07. The molecule has 1 aromatic heterocycles. The number of hydrogen-bond acceptors (Lipinski definition) is 4. The van der Waals surface area contributed by atoms with Gasteiger partial charge in [0, 0.05) is 24.4 Å². The fourth-order valence-corrected chi connectivity index (χ4v) is 1.91. The number of amides is 1. The van der Waals surface area contributed by atoms with E-state index in [1.54, 1.807) is 0 Å². The highest BCUT2D eigenvalue weighted by molar-refractivity contribution is 5.83. The molecule has 1 aromatic rings. The predicted octanol–water partition coefficient (Wildman–Crippen LogP) is 1.45. The molecule has 21 heavy (non-hydrogen) atoms. The van der Waals surface area contributed by atoms with Gasteiger partial charge in [0.2, 0.25) is 5.91 Å². The Morgan fingerprint density at radius 1 is 1.62 bits per heavy atom. The molecule has 1 fully saturated rings. The van der Waals surface area contributed by atoms with Crippen LogP contribution in [0.5, 0.6) is 0 Å². The molecular weight excluding hydrogens is 278 g/mol. The second kappa shape index (κ2) is 5.74. The molecule has 0 aromatic carbocycles. The van der Waals surface area contributed by atoms with Gasteiger partial charge >= 0.3 is 0 Å². The first-order chi connectivity index (χ1) is 9.88. The molecular formula is C14H16F2N4O. The molecule has 1 heterocycles. The van der Waals surface area contributed by atoms with Gasteiger partial charge in [-0.2, -0.15) is 5.26 Å². The number of carbonyl (C=O) groups excluding carboxylic acids is 1. The smallest absolute Gasteiger partial charge is 0.274 e. The number of nitrogens with two attached hydrogens (primary N) is 1. The van der Waals surface area contributed by atoms with E-state index in [0.29, 0.717) is 12.8 Å². The van der Waals surface area contributed by atoms with Crippen LogP contribution in [0.2, 0.25) is 0 Å². The highest BCUT2D eigenvalue weighted by atomic mass is 19.3. The molecule has 0 bridgehead atoms. The van der Waals surface area contributed by atoms with Gasteiger partial charge in [0.15, 0.2) is 0 Å². The number of carbonyl (C=O) groups is 1. The van der Waals surface area contributed by atoms with Crippen LogP contribution in [0.1, 0.15) is 31.2 Å². The lowest BCUT2D eigenvalue weighted by molar-refractivity contribution is -0.123. The summed E-state index contributed by atoms with van der Waals surface area (Å²) in [6.45, 7) is 0. The van der Waals surface area contributed by atoms with Crippen LogP contribution in [0.4, 0.5) is 8.78 Å². The molecule has 7 heteroatoms. The van der Waals surface area contributed by atoms with Crippen LogP contribution in [0.25, 0.3) is 0 Å². The minimum Gasteiger partial charge on any atom is -0.336 e. The lowest BCUT2D eigenvalue weighted by atomic mass is 10.0. The van der Waals surface area contributed by atoms with Gasteiger partial charge in [-0.3, -0.25) is 9.78 Å². The van der Waals surface area contributed by atoms with Crippen LogP contribution in [-0.2, 0) is 10.7 Å². The van der Waals surface area contributed by atoms with Crippen molar-refractivity contribution in [2.24, 2.45) is 5.73 Å². The van der Waals surface area contributed by atoms with E-state index in [4.69, 9.17) is 11.0 Å². The minimum absolute atomic E-state index is 0.171. The van der Waals surface area contributed by atoms with Gasteiger partial charge in [-0.05, 0) is 31.4 Å². The third-order valence-corrected chi connectivity index (χ3v) is 3.52. The molecule has 1 atom stereocenters. The van der Waals surface area contributed by atoms with Crippen LogP contribution in [0, 0.1) is 11.3 Å². The van der Waals surface area contributed by atoms with Crippen molar-refractivity contribution in [3.8, 4) is 6.07 Å². The van der Waals surface area contributed by atoms with Crippen molar-refractivity contribution < 1.29 is 13.6 Å². The molecule has 0 radical (unpaired) electrons. The van der Waals surface area contributed by atoms with Gasteiger partial charge in [-0.25, -0.2) is 8.78 Å². The third-order valence-electron chi connectivity index (χ3n) is 3.52. The number of rotatable bonds is 6. The van der Waals surface area contributed by atoms with E-state index in [1.807, 2.05) is 6.07 Å². The van der Waals surface area contributed by atoms with Gasteiger partial charge in [0.05, 0.1) is 12.1 Å². The van der Waals surface area contributed by atoms with Crippen LogP contribution < -0.4 is 11.1 Å². The molecule has 1 amide bonds. The fraction of sp³-hybridized carbons (Fsp3) is 0.500. The van der Waals surface area contributed by atoms with Gasteiger partial charge in [-0.15, -0.1) is 0 Å². The van der Waals surface area contributed by atoms with Gasteiger partial charge in [0.25, 0.3) is 5.92 Å². The van der Waals surface area contributed by atoms with Crippen molar-refractivity contribution in [3.63, 3.8) is 0 Å². The maximum atomic E-state index is 13.9. The van der Waals surface area contributed by atoms with E-state index < -0.39 is 29.8 Å². The van der Waals surface area contributed by atoms with Crippen LogP contribution >= 0.6 is 0 Å². The van der Waals surface area contributed by atoms with Crippen molar-refractivity contribution in [1.29, 1.82) is 5.26 Å². The van der Waals surface area contributed by atoms with Crippen molar-refractivity contribution in [3.05, 3.63) is 30.1 Å². The molecule has 1 aliphatic rings. The molecule has 0 saturated heterocycles. The van der Waals surface area contributed by atoms with Crippen molar-refractivity contribution in [1.82, 2.24) is 10.3 Å². The molecule has 0 spiro atoms. The molecule has 112 valence electrons. The van der Waals surface area contributed by atoms with Gasteiger partial charge < -0.3 is 11.1 Å². The Kier molecular flexibility index (Phi) is 4.19. The Morgan fingerprint density at radius 3 is 2.86 bits per heavy atom. The van der Waals surface area contributed by atoms with Crippen LogP contribution in [-0.4, -0.2) is 22.5 Å². The lowest BCUT2D eigenvalue weighted by Crippen LogP contribution is -2.46. The SMILES string of the molecule is N#CC1(NC(=O)[C@@H](N)CCC(F)(F)c2cccnc2)CC1. The largest absolute Gasteiger partial charge is 0.336 e. The van der Waals surface area contributed by atoms with Crippen molar-refractivity contribution >= 4 is 5.91 Å². The average Bonchev–Trinajstić information content (AvgIpc) is 3.26. The number of hydrogen-bond donors (Lipinski definition) is 2. The topological polar surface area (TPSA) is 91.8 Å². The van der Waals surface area contributed by atoms with E-state index in [2.05, 4.69) is 10.3 Å². The van der Waals surface area contributed by atoms with Crippen LogP contribution in [0.15, 0.2) is 24.5 Å². The number of aromatic nitrogens is 1. The summed E-state index contributed by atoms with van der Waals surface area (Å²) in [6.07, 6.45) is 2.94. The van der Waals surface area contributed by atoms with Gasteiger partial charge in [0.1, 0.15) is 5.54 Å². The summed E-state index contributed by atoms with van der Waals surface area (Å²) in [7, 11) is 0. The third kappa shape index (κ3) is 3.73. The quantitative estimate of drug-likeness (QED) is 0.830. The molecule has 2 rings (SSSR count). The summed E-state index contributed by atoms with van der Waals surface area (Å²) in [5, 5.41) is 11.4. The zero-order valence-electron chi connectivity index (χ0n) is 11.4. The Bertz CT molecular complexity index is 552. The summed E-state index contributed by atoms with van der Waals surface area (Å²) < 4.78 is 27.8. The monoisotopic (exact) mass is 294 g/mol. The number of nitriles is 1. The molecule has 5 nitrogen and oxygen atoms in total. The minimum atomic E-state index is -3.08. The summed E-state index contributed by atoms with van der Waals surface area (Å²) >= 11 is 0. The molecule has 1 saturated carbocycles. The van der Waals surface area contributed by atoms with E-state index in [0.717, 1.165) is 6.20 Å². The first kappa shape index (κ1) is 15.3. The second-order valence-corrected chi connectivity index (χ2v) is 5.27. The van der Waals surface area contributed by atoms with E-state index in [9.17, 15) is 13.6 Å². The first-order valence-corrected chi connectivity index (χ1v) is 6.66.